The van der Waals surface area contributed by atoms with Crippen LogP contribution in [0.5, 0.6) is 0 Å². The lowest BCUT2D eigenvalue weighted by Crippen LogP contribution is -2.41. The highest BCUT2D eigenvalue weighted by atomic mass is 32.1. The van der Waals surface area contributed by atoms with Gasteiger partial charge in [-0.3, -0.25) is 0 Å². The second-order valence-corrected chi connectivity index (χ2v) is 8.81. The lowest BCUT2D eigenvalue weighted by Gasteiger charge is -2.32. The fraction of sp³-hybridized carbons (Fsp3) is 0.450. The van der Waals surface area contributed by atoms with Crippen LogP contribution in [-0.2, 0) is 15.7 Å². The number of aryl methyl sites for hydroxylation is 1. The molecule has 3 rings (SSSR count). The second-order valence-electron chi connectivity index (χ2n) is 7.70. The van der Waals surface area contributed by atoms with Gasteiger partial charge in [0.1, 0.15) is 0 Å². The third-order valence-electron chi connectivity index (χ3n) is 5.06. The van der Waals surface area contributed by atoms with E-state index in [1.807, 2.05) is 6.07 Å². The minimum atomic E-state index is -0.312. The van der Waals surface area contributed by atoms with Crippen LogP contribution in [0.1, 0.15) is 55.8 Å². The number of allylic oxidation sites excluding steroid dienone is 1. The molecular formula is C20H26BNO2S. The zero-order valence-corrected chi connectivity index (χ0v) is 16.7. The average Bonchev–Trinajstić information content (AvgIpc) is 2.96. The molecule has 0 saturated carbocycles. The molecule has 1 aromatic carbocycles. The molecule has 132 valence electrons. The van der Waals surface area contributed by atoms with E-state index in [-0.39, 0.29) is 18.3 Å². The quantitative estimate of drug-likeness (QED) is 0.717. The second kappa shape index (κ2) is 6.71. The van der Waals surface area contributed by atoms with Gasteiger partial charge < -0.3 is 9.31 Å². The summed E-state index contributed by atoms with van der Waals surface area (Å²) in [6, 6.07) is 10.5. The molecule has 2 aromatic rings. The first-order chi connectivity index (χ1) is 11.7. The minimum absolute atomic E-state index is 0.302. The fourth-order valence-electron chi connectivity index (χ4n) is 2.75. The highest BCUT2D eigenvalue weighted by Gasteiger charge is 2.51. The molecule has 1 saturated heterocycles. The van der Waals surface area contributed by atoms with Gasteiger partial charge in [-0.1, -0.05) is 30.3 Å². The first-order valence-electron chi connectivity index (χ1n) is 8.72. The molecule has 1 aromatic heterocycles. The summed E-state index contributed by atoms with van der Waals surface area (Å²) in [7, 11) is -0.302. The van der Waals surface area contributed by atoms with E-state index < -0.39 is 0 Å². The number of hydrogen-bond acceptors (Lipinski definition) is 4. The summed E-state index contributed by atoms with van der Waals surface area (Å²) < 4.78 is 12.3. The monoisotopic (exact) mass is 355 g/mol. The van der Waals surface area contributed by atoms with Crippen LogP contribution < -0.4 is 0 Å². The van der Waals surface area contributed by atoms with Crippen LogP contribution in [0, 0.1) is 6.92 Å². The molecular weight excluding hydrogens is 329 g/mol. The Morgan fingerprint density at radius 3 is 2.32 bits per heavy atom. The van der Waals surface area contributed by atoms with E-state index in [0.29, 0.717) is 0 Å². The molecule has 0 N–H and O–H groups in total. The third-order valence-corrected chi connectivity index (χ3v) is 6.16. The van der Waals surface area contributed by atoms with Gasteiger partial charge in [0, 0.05) is 11.3 Å². The van der Waals surface area contributed by atoms with Crippen LogP contribution in [0.4, 0.5) is 0 Å². The summed E-state index contributed by atoms with van der Waals surface area (Å²) >= 11 is 1.74. The molecule has 0 radical (unpaired) electrons. The van der Waals surface area contributed by atoms with E-state index >= 15 is 0 Å². The van der Waals surface area contributed by atoms with Crippen molar-refractivity contribution >= 4 is 24.5 Å². The van der Waals surface area contributed by atoms with Crippen LogP contribution in [0.3, 0.4) is 0 Å². The fourth-order valence-corrected chi connectivity index (χ4v) is 3.86. The lowest BCUT2D eigenvalue weighted by atomic mass is 9.79. The topological polar surface area (TPSA) is 31.4 Å². The van der Waals surface area contributed by atoms with Crippen molar-refractivity contribution in [2.75, 3.05) is 0 Å². The van der Waals surface area contributed by atoms with Crippen LogP contribution in [0.2, 0.25) is 0 Å². The average molecular weight is 355 g/mol. The van der Waals surface area contributed by atoms with E-state index in [2.05, 4.69) is 71.9 Å². The van der Waals surface area contributed by atoms with Crippen LogP contribution in [0.25, 0.3) is 6.08 Å². The number of nitrogens with zero attached hydrogens (tertiary/aromatic N) is 1. The number of thiazole rings is 1. The van der Waals surface area contributed by atoms with E-state index in [1.165, 1.54) is 10.4 Å². The number of rotatable bonds is 4. The highest BCUT2D eigenvalue weighted by molar-refractivity contribution is 7.12. The zero-order valence-electron chi connectivity index (χ0n) is 15.9. The van der Waals surface area contributed by atoms with E-state index in [9.17, 15) is 0 Å². The highest BCUT2D eigenvalue weighted by Crippen LogP contribution is 2.39. The van der Waals surface area contributed by atoms with E-state index in [0.717, 1.165) is 22.6 Å². The Hall–Kier alpha value is -1.43. The molecule has 0 spiro atoms. The predicted octanol–water partition coefficient (Wildman–Crippen LogP) is 5.08. The lowest BCUT2D eigenvalue weighted by molar-refractivity contribution is 0.00578. The summed E-state index contributed by atoms with van der Waals surface area (Å²) in [5.41, 5.74) is 2.81. The summed E-state index contributed by atoms with van der Waals surface area (Å²) in [6.07, 6.45) is 3.03. The molecule has 0 bridgehead atoms. The van der Waals surface area contributed by atoms with E-state index in [1.54, 1.807) is 11.3 Å². The SMILES string of the molecule is C/C(=C\c1sc(Cc2ccccc2)nc1C)B1OC(C)(C)C(C)(C)O1. The van der Waals surface area contributed by atoms with Crippen molar-refractivity contribution in [2.45, 2.75) is 59.2 Å². The third kappa shape index (κ3) is 3.89. The molecule has 0 aliphatic carbocycles. The first kappa shape index (κ1) is 18.4. The maximum Gasteiger partial charge on any atom is 0.490 e. The van der Waals surface area contributed by atoms with Gasteiger partial charge in [-0.25, -0.2) is 4.98 Å². The van der Waals surface area contributed by atoms with Gasteiger partial charge in [0.2, 0.25) is 0 Å². The van der Waals surface area contributed by atoms with Gasteiger partial charge in [0.15, 0.2) is 0 Å². The van der Waals surface area contributed by atoms with Crippen LogP contribution in [0.15, 0.2) is 35.8 Å². The van der Waals surface area contributed by atoms with E-state index in [4.69, 9.17) is 14.3 Å². The predicted molar refractivity (Wildman–Crippen MR) is 106 cm³/mol. The molecule has 5 heteroatoms. The summed E-state index contributed by atoms with van der Waals surface area (Å²) in [5, 5.41) is 1.14. The zero-order chi connectivity index (χ0) is 18.2. The Labute approximate surface area is 155 Å². The maximum atomic E-state index is 6.13. The smallest absolute Gasteiger partial charge is 0.400 e. The van der Waals surface area contributed by atoms with Crippen LogP contribution >= 0.6 is 11.3 Å². The normalized spacial score (nSPS) is 19.4. The van der Waals surface area contributed by atoms with Gasteiger partial charge in [-0.15, -0.1) is 11.3 Å². The molecule has 0 atom stereocenters. The van der Waals surface area contributed by atoms with Gasteiger partial charge in [-0.05, 0) is 58.7 Å². The summed E-state index contributed by atoms with van der Waals surface area (Å²) in [6.45, 7) is 12.4. The first-order valence-corrected chi connectivity index (χ1v) is 9.54. The van der Waals surface area contributed by atoms with Crippen molar-refractivity contribution in [3.05, 3.63) is 56.9 Å². The largest absolute Gasteiger partial charge is 0.490 e. The molecule has 1 aliphatic rings. The Morgan fingerprint density at radius 1 is 1.12 bits per heavy atom. The van der Waals surface area contributed by atoms with Crippen molar-refractivity contribution in [3.8, 4) is 0 Å². The Bertz CT molecular complexity index is 764. The molecule has 0 amide bonds. The molecule has 3 nitrogen and oxygen atoms in total. The van der Waals surface area contributed by atoms with Crippen molar-refractivity contribution in [1.82, 2.24) is 4.98 Å². The number of hydrogen-bond donors (Lipinski definition) is 0. The van der Waals surface area contributed by atoms with Crippen molar-refractivity contribution in [3.63, 3.8) is 0 Å². The Kier molecular flexibility index (Phi) is 4.93. The van der Waals surface area contributed by atoms with Crippen molar-refractivity contribution in [1.29, 1.82) is 0 Å². The molecule has 0 unspecified atom stereocenters. The Morgan fingerprint density at radius 2 is 1.72 bits per heavy atom. The molecule has 25 heavy (non-hydrogen) atoms. The van der Waals surface area contributed by atoms with Crippen LogP contribution in [-0.4, -0.2) is 23.3 Å². The van der Waals surface area contributed by atoms with Gasteiger partial charge >= 0.3 is 7.12 Å². The van der Waals surface area contributed by atoms with Crippen molar-refractivity contribution in [2.24, 2.45) is 0 Å². The summed E-state index contributed by atoms with van der Waals surface area (Å²) in [5.74, 6) is 0. The van der Waals surface area contributed by atoms with Gasteiger partial charge in [0.05, 0.1) is 21.9 Å². The molecule has 1 fully saturated rings. The number of aromatic nitrogens is 1. The molecule has 1 aliphatic heterocycles. The maximum absolute atomic E-state index is 6.13. The Balaban J connectivity index is 1.77. The van der Waals surface area contributed by atoms with Gasteiger partial charge in [-0.2, -0.15) is 0 Å². The van der Waals surface area contributed by atoms with Gasteiger partial charge in [0.25, 0.3) is 0 Å². The van der Waals surface area contributed by atoms with Crippen molar-refractivity contribution < 1.29 is 9.31 Å². The number of benzene rings is 1. The standard InChI is InChI=1S/C20H26BNO2S/c1-14(21-23-19(3,4)20(5,6)24-21)12-17-15(2)22-18(25-17)13-16-10-8-7-9-11-16/h7-12H,13H2,1-6H3/b14-12+. The minimum Gasteiger partial charge on any atom is -0.400 e. The molecule has 2 heterocycles. The summed E-state index contributed by atoms with van der Waals surface area (Å²) in [4.78, 5) is 5.91.